The molecule has 1 atom stereocenters. The summed E-state index contributed by atoms with van der Waals surface area (Å²) >= 11 is 0. The van der Waals surface area contributed by atoms with E-state index in [4.69, 9.17) is 9.47 Å². The number of carbonyl (C=O) groups excluding carboxylic acids is 1. The molecule has 0 spiro atoms. The second kappa shape index (κ2) is 7.63. The number of aliphatic hydroxyl groups is 1. The SMILES string of the molecule is O=C(c1ccccc1F)N1CCOC[C@@](O)(COc2ccccc2)C1. The van der Waals surface area contributed by atoms with E-state index in [-0.39, 0.29) is 38.5 Å². The summed E-state index contributed by atoms with van der Waals surface area (Å²) in [6, 6.07) is 14.9. The van der Waals surface area contributed by atoms with Crippen LogP contribution in [-0.4, -0.2) is 54.4 Å². The van der Waals surface area contributed by atoms with E-state index in [1.54, 1.807) is 18.2 Å². The summed E-state index contributed by atoms with van der Waals surface area (Å²) in [5.74, 6) is -0.435. The summed E-state index contributed by atoms with van der Waals surface area (Å²) < 4.78 is 24.9. The molecule has 25 heavy (non-hydrogen) atoms. The molecule has 6 heteroatoms. The summed E-state index contributed by atoms with van der Waals surface area (Å²) in [5, 5.41) is 10.8. The van der Waals surface area contributed by atoms with Crippen molar-refractivity contribution in [1.82, 2.24) is 4.90 Å². The predicted molar refractivity (Wildman–Crippen MR) is 90.0 cm³/mol. The van der Waals surface area contributed by atoms with Crippen molar-refractivity contribution < 1.29 is 23.8 Å². The molecule has 132 valence electrons. The van der Waals surface area contributed by atoms with E-state index in [0.717, 1.165) is 0 Å². The molecule has 5 nitrogen and oxygen atoms in total. The number of benzene rings is 2. The van der Waals surface area contributed by atoms with E-state index < -0.39 is 17.3 Å². The van der Waals surface area contributed by atoms with Gasteiger partial charge in [0.2, 0.25) is 0 Å². The quantitative estimate of drug-likeness (QED) is 0.922. The number of β-amino-alcohol motifs (C(OH)–C–C–N with tert-alkyl or cyclic N) is 1. The van der Waals surface area contributed by atoms with Crippen LogP contribution in [0.5, 0.6) is 5.75 Å². The van der Waals surface area contributed by atoms with Crippen molar-refractivity contribution in [1.29, 1.82) is 0 Å². The Hall–Kier alpha value is -2.44. The van der Waals surface area contributed by atoms with Crippen molar-refractivity contribution in [3.63, 3.8) is 0 Å². The van der Waals surface area contributed by atoms with Gasteiger partial charge in [-0.3, -0.25) is 4.79 Å². The number of carbonyl (C=O) groups is 1. The Balaban J connectivity index is 1.71. The first-order valence-corrected chi connectivity index (χ1v) is 8.09. The Morgan fingerprint density at radius 3 is 2.68 bits per heavy atom. The lowest BCUT2D eigenvalue weighted by atomic mass is 10.1. The number of para-hydroxylation sites is 1. The van der Waals surface area contributed by atoms with Crippen LogP contribution in [0.2, 0.25) is 0 Å². The lowest BCUT2D eigenvalue weighted by Gasteiger charge is -2.30. The monoisotopic (exact) mass is 345 g/mol. The summed E-state index contributed by atoms with van der Waals surface area (Å²) in [6.07, 6.45) is 0. The van der Waals surface area contributed by atoms with Crippen molar-refractivity contribution >= 4 is 5.91 Å². The number of nitrogens with zero attached hydrogens (tertiary/aromatic N) is 1. The zero-order chi connectivity index (χ0) is 17.7. The molecule has 2 aromatic carbocycles. The summed E-state index contributed by atoms with van der Waals surface area (Å²) in [7, 11) is 0. The van der Waals surface area contributed by atoms with Gasteiger partial charge in [-0.2, -0.15) is 0 Å². The third-order valence-electron chi connectivity index (χ3n) is 4.00. The number of halogens is 1. The van der Waals surface area contributed by atoms with Crippen LogP contribution in [0.15, 0.2) is 54.6 Å². The second-order valence-corrected chi connectivity index (χ2v) is 6.09. The Labute approximate surface area is 145 Å². The molecule has 1 heterocycles. The molecule has 1 saturated heterocycles. The Morgan fingerprint density at radius 1 is 1.20 bits per heavy atom. The van der Waals surface area contributed by atoms with Crippen LogP contribution in [0.4, 0.5) is 4.39 Å². The molecule has 1 aliphatic rings. The van der Waals surface area contributed by atoms with Crippen molar-refractivity contribution in [2.45, 2.75) is 5.60 Å². The van der Waals surface area contributed by atoms with Gasteiger partial charge in [-0.1, -0.05) is 30.3 Å². The van der Waals surface area contributed by atoms with Gasteiger partial charge in [0, 0.05) is 6.54 Å². The largest absolute Gasteiger partial charge is 0.490 e. The van der Waals surface area contributed by atoms with Gasteiger partial charge in [-0.05, 0) is 24.3 Å². The van der Waals surface area contributed by atoms with Crippen LogP contribution in [0, 0.1) is 5.82 Å². The number of rotatable bonds is 4. The van der Waals surface area contributed by atoms with Crippen molar-refractivity contribution in [3.05, 3.63) is 66.0 Å². The normalized spacial score (nSPS) is 20.8. The lowest BCUT2D eigenvalue weighted by molar-refractivity contribution is -0.0621. The highest BCUT2D eigenvalue weighted by molar-refractivity contribution is 5.94. The molecule has 1 aliphatic heterocycles. The molecule has 3 rings (SSSR count). The van der Waals surface area contributed by atoms with E-state index in [9.17, 15) is 14.3 Å². The van der Waals surface area contributed by atoms with E-state index in [2.05, 4.69) is 0 Å². The van der Waals surface area contributed by atoms with Gasteiger partial charge in [0.25, 0.3) is 5.91 Å². The first-order chi connectivity index (χ1) is 12.1. The van der Waals surface area contributed by atoms with Gasteiger partial charge in [0.1, 0.15) is 23.8 Å². The molecular formula is C19H20FNO4. The van der Waals surface area contributed by atoms with Crippen LogP contribution >= 0.6 is 0 Å². The average Bonchev–Trinajstić information content (AvgIpc) is 2.83. The molecule has 0 aliphatic carbocycles. The van der Waals surface area contributed by atoms with E-state index in [1.807, 2.05) is 18.2 Å². The molecule has 1 amide bonds. The third kappa shape index (κ3) is 4.35. The minimum atomic E-state index is -1.37. The van der Waals surface area contributed by atoms with Crippen LogP contribution in [-0.2, 0) is 4.74 Å². The van der Waals surface area contributed by atoms with Crippen molar-refractivity contribution in [3.8, 4) is 5.75 Å². The first kappa shape index (κ1) is 17.4. The molecule has 2 aromatic rings. The fraction of sp³-hybridized carbons (Fsp3) is 0.316. The highest BCUT2D eigenvalue weighted by atomic mass is 19.1. The summed E-state index contributed by atoms with van der Waals surface area (Å²) in [4.78, 5) is 14.0. The molecule has 1 N–H and O–H groups in total. The minimum Gasteiger partial charge on any atom is -0.490 e. The first-order valence-electron chi connectivity index (χ1n) is 8.09. The maximum atomic E-state index is 13.9. The molecule has 0 aromatic heterocycles. The molecule has 0 bridgehead atoms. The number of amides is 1. The zero-order valence-electron chi connectivity index (χ0n) is 13.7. The van der Waals surface area contributed by atoms with Crippen molar-refractivity contribution in [2.75, 3.05) is 32.9 Å². The number of hydrogen-bond donors (Lipinski definition) is 1. The molecule has 1 fully saturated rings. The lowest BCUT2D eigenvalue weighted by Crippen LogP contribution is -2.50. The minimum absolute atomic E-state index is 0.00695. The maximum Gasteiger partial charge on any atom is 0.257 e. The van der Waals surface area contributed by atoms with Crippen molar-refractivity contribution in [2.24, 2.45) is 0 Å². The smallest absolute Gasteiger partial charge is 0.257 e. The Morgan fingerprint density at radius 2 is 1.92 bits per heavy atom. The standard InChI is InChI=1S/C19H20FNO4/c20-17-9-5-4-8-16(17)18(22)21-10-11-24-13-19(23,12-21)14-25-15-6-2-1-3-7-15/h1-9,23H,10-14H2/t19-/m1/s1. The van der Waals surface area contributed by atoms with E-state index in [1.165, 1.54) is 23.1 Å². The molecule has 0 saturated carbocycles. The average molecular weight is 345 g/mol. The second-order valence-electron chi connectivity index (χ2n) is 6.09. The van der Waals surface area contributed by atoms with Crippen LogP contribution in [0.25, 0.3) is 0 Å². The van der Waals surface area contributed by atoms with Crippen LogP contribution < -0.4 is 4.74 Å². The zero-order valence-corrected chi connectivity index (χ0v) is 13.7. The topological polar surface area (TPSA) is 59.0 Å². The fourth-order valence-electron chi connectivity index (χ4n) is 2.72. The maximum absolute atomic E-state index is 13.9. The van der Waals surface area contributed by atoms with Gasteiger partial charge < -0.3 is 19.5 Å². The van der Waals surface area contributed by atoms with E-state index in [0.29, 0.717) is 5.75 Å². The molecular weight excluding hydrogens is 325 g/mol. The molecule has 0 radical (unpaired) electrons. The summed E-state index contributed by atoms with van der Waals surface area (Å²) in [5.41, 5.74) is -1.39. The fourth-order valence-corrected chi connectivity index (χ4v) is 2.72. The van der Waals surface area contributed by atoms with E-state index >= 15 is 0 Å². The van der Waals surface area contributed by atoms with Crippen LogP contribution in [0.1, 0.15) is 10.4 Å². The number of ether oxygens (including phenoxy) is 2. The van der Waals surface area contributed by atoms with Crippen LogP contribution in [0.3, 0.4) is 0 Å². The Kier molecular flexibility index (Phi) is 5.31. The third-order valence-corrected chi connectivity index (χ3v) is 4.00. The highest BCUT2D eigenvalue weighted by Gasteiger charge is 2.36. The molecule has 0 unspecified atom stereocenters. The predicted octanol–water partition coefficient (Wildman–Crippen LogP) is 2.11. The Bertz CT molecular complexity index is 724. The van der Waals surface area contributed by atoms with Gasteiger partial charge in [0.05, 0.1) is 25.3 Å². The summed E-state index contributed by atoms with van der Waals surface area (Å²) in [6.45, 7) is 0.570. The van der Waals surface area contributed by atoms with Gasteiger partial charge in [-0.25, -0.2) is 4.39 Å². The van der Waals surface area contributed by atoms with Gasteiger partial charge >= 0.3 is 0 Å². The highest BCUT2D eigenvalue weighted by Crippen LogP contribution is 2.19. The van der Waals surface area contributed by atoms with Gasteiger partial charge in [0.15, 0.2) is 0 Å². The van der Waals surface area contributed by atoms with Gasteiger partial charge in [-0.15, -0.1) is 0 Å². The number of hydrogen-bond acceptors (Lipinski definition) is 4.